The maximum atomic E-state index is 10.4. The highest BCUT2D eigenvalue weighted by Gasteiger charge is 2.24. The first-order valence-corrected chi connectivity index (χ1v) is 7.75. The fourth-order valence-corrected chi connectivity index (χ4v) is 3.11. The molecule has 1 saturated heterocycles. The summed E-state index contributed by atoms with van der Waals surface area (Å²) >= 11 is 5.88. The topological polar surface area (TPSA) is 52.1 Å². The Kier molecular flexibility index (Phi) is 4.58. The van der Waals surface area contributed by atoms with Crippen molar-refractivity contribution in [2.45, 2.75) is 24.9 Å². The Morgan fingerprint density at radius 1 is 1.38 bits per heavy atom. The molecule has 1 aromatic heterocycles. The van der Waals surface area contributed by atoms with Crippen LogP contribution in [-0.2, 0) is 0 Å². The third-order valence-electron chi connectivity index (χ3n) is 4.10. The molecule has 1 fully saturated rings. The van der Waals surface area contributed by atoms with Crippen LogP contribution in [0, 0.1) is 0 Å². The van der Waals surface area contributed by atoms with Crippen molar-refractivity contribution >= 4 is 11.6 Å². The molecule has 1 aromatic carbocycles. The summed E-state index contributed by atoms with van der Waals surface area (Å²) in [5.41, 5.74) is 0.916. The minimum atomic E-state index is -0.474. The van der Waals surface area contributed by atoms with Crippen molar-refractivity contribution < 1.29 is 5.11 Å². The summed E-state index contributed by atoms with van der Waals surface area (Å²) in [6, 6.07) is 7.42. The molecule has 21 heavy (non-hydrogen) atoms. The number of hydrogen-bond donors (Lipinski definition) is 2. The molecule has 0 aliphatic carbocycles. The lowest BCUT2D eigenvalue weighted by atomic mass is 9.96. The summed E-state index contributed by atoms with van der Waals surface area (Å²) in [7, 11) is 0. The van der Waals surface area contributed by atoms with Crippen LogP contribution in [0.2, 0.25) is 5.02 Å². The number of aliphatic hydroxyl groups excluding tert-OH is 1. The molecule has 2 N–H and O–H groups in total. The van der Waals surface area contributed by atoms with Crippen LogP contribution in [0.3, 0.4) is 0 Å². The Morgan fingerprint density at radius 2 is 2.19 bits per heavy atom. The summed E-state index contributed by atoms with van der Waals surface area (Å²) < 4.78 is 0. The van der Waals surface area contributed by atoms with Gasteiger partial charge in [0.2, 0.25) is 0 Å². The first-order chi connectivity index (χ1) is 10.2. The molecular weight excluding hydrogens is 286 g/mol. The van der Waals surface area contributed by atoms with E-state index in [1.54, 1.807) is 6.20 Å². The van der Waals surface area contributed by atoms with Crippen molar-refractivity contribution in [1.82, 2.24) is 14.9 Å². The molecule has 2 heterocycles. The number of nitrogens with one attached hydrogen (secondary N) is 1. The molecule has 0 radical (unpaired) electrons. The standard InChI is InChI=1S/C16H20ClN3O/c17-14-5-3-12(4-6-14)15(21)11-20-9-1-2-13(10-20)16-18-7-8-19-16/h3-8,13,15,21H,1-2,9-11H2,(H,18,19)/t13?,15-/m1/s1. The van der Waals surface area contributed by atoms with Gasteiger partial charge in [0, 0.05) is 36.4 Å². The molecule has 4 nitrogen and oxygen atoms in total. The van der Waals surface area contributed by atoms with E-state index in [4.69, 9.17) is 11.6 Å². The Balaban J connectivity index is 1.60. The minimum absolute atomic E-state index is 0.436. The van der Waals surface area contributed by atoms with Crippen LogP contribution >= 0.6 is 11.6 Å². The zero-order chi connectivity index (χ0) is 14.7. The second-order valence-electron chi connectivity index (χ2n) is 5.64. The second-order valence-corrected chi connectivity index (χ2v) is 6.08. The fourth-order valence-electron chi connectivity index (χ4n) is 2.98. The number of aliphatic hydroxyl groups is 1. The number of halogens is 1. The van der Waals surface area contributed by atoms with Crippen LogP contribution in [0.1, 0.15) is 36.3 Å². The molecular formula is C16H20ClN3O. The average Bonchev–Trinajstić information content (AvgIpc) is 3.02. The van der Waals surface area contributed by atoms with Crippen LogP contribution in [-0.4, -0.2) is 39.6 Å². The first kappa shape index (κ1) is 14.6. The van der Waals surface area contributed by atoms with Crippen LogP contribution in [0.15, 0.2) is 36.7 Å². The first-order valence-electron chi connectivity index (χ1n) is 7.37. The van der Waals surface area contributed by atoms with E-state index in [1.165, 1.54) is 0 Å². The number of nitrogens with zero attached hydrogens (tertiary/aromatic N) is 2. The molecule has 3 rings (SSSR count). The smallest absolute Gasteiger partial charge is 0.110 e. The number of H-pyrrole nitrogens is 1. The lowest BCUT2D eigenvalue weighted by molar-refractivity contribution is 0.0946. The number of benzene rings is 1. The molecule has 5 heteroatoms. The lowest BCUT2D eigenvalue weighted by Gasteiger charge is -2.33. The summed E-state index contributed by atoms with van der Waals surface area (Å²) in [6.45, 7) is 2.62. The van der Waals surface area contributed by atoms with Crippen molar-refractivity contribution in [2.75, 3.05) is 19.6 Å². The molecule has 0 spiro atoms. The predicted octanol–water partition coefficient (Wildman–Crippen LogP) is 2.98. The molecule has 0 amide bonds. The third-order valence-corrected chi connectivity index (χ3v) is 4.35. The number of imidazole rings is 1. The van der Waals surface area contributed by atoms with E-state index in [9.17, 15) is 5.11 Å². The number of piperidine rings is 1. The van der Waals surface area contributed by atoms with E-state index in [0.29, 0.717) is 17.5 Å². The SMILES string of the molecule is O[C@H](CN1CCCC(c2ncc[nH]2)C1)c1ccc(Cl)cc1. The number of rotatable bonds is 4. The number of likely N-dealkylation sites (tertiary alicyclic amines) is 1. The predicted molar refractivity (Wildman–Crippen MR) is 83.4 cm³/mol. The Labute approximate surface area is 129 Å². The van der Waals surface area contributed by atoms with Crippen LogP contribution in [0.25, 0.3) is 0 Å². The van der Waals surface area contributed by atoms with Gasteiger partial charge in [-0.15, -0.1) is 0 Å². The Bertz CT molecular complexity index is 555. The largest absolute Gasteiger partial charge is 0.387 e. The zero-order valence-electron chi connectivity index (χ0n) is 11.9. The molecule has 1 aliphatic heterocycles. The van der Waals surface area contributed by atoms with E-state index >= 15 is 0 Å². The normalized spacial score (nSPS) is 21.3. The van der Waals surface area contributed by atoms with Gasteiger partial charge >= 0.3 is 0 Å². The molecule has 1 aliphatic rings. The fraction of sp³-hybridized carbons (Fsp3) is 0.438. The van der Waals surface area contributed by atoms with Crippen LogP contribution in [0.4, 0.5) is 0 Å². The molecule has 0 saturated carbocycles. The third kappa shape index (κ3) is 3.64. The number of aromatic amines is 1. The van der Waals surface area contributed by atoms with Gasteiger partial charge in [-0.25, -0.2) is 4.98 Å². The van der Waals surface area contributed by atoms with Gasteiger partial charge in [-0.3, -0.25) is 4.90 Å². The van der Waals surface area contributed by atoms with Crippen molar-refractivity contribution in [1.29, 1.82) is 0 Å². The second kappa shape index (κ2) is 6.60. The number of β-amino-alcohol motifs (C(OH)–C–C–N with tert-alkyl or cyclic N) is 1. The highest BCUT2D eigenvalue weighted by atomic mass is 35.5. The molecule has 1 unspecified atom stereocenters. The molecule has 0 bridgehead atoms. The number of hydrogen-bond acceptors (Lipinski definition) is 3. The zero-order valence-corrected chi connectivity index (χ0v) is 12.6. The average molecular weight is 306 g/mol. The monoisotopic (exact) mass is 305 g/mol. The Hall–Kier alpha value is -1.36. The summed E-state index contributed by atoms with van der Waals surface area (Å²) in [6.07, 6.45) is 5.49. The molecule has 2 aromatic rings. The summed E-state index contributed by atoms with van der Waals surface area (Å²) in [4.78, 5) is 9.88. The van der Waals surface area contributed by atoms with Crippen molar-refractivity contribution in [3.05, 3.63) is 53.1 Å². The van der Waals surface area contributed by atoms with Gasteiger partial charge in [0.25, 0.3) is 0 Å². The van der Waals surface area contributed by atoms with Crippen molar-refractivity contribution in [3.8, 4) is 0 Å². The summed E-state index contributed by atoms with van der Waals surface area (Å²) in [5, 5.41) is 11.1. The van der Waals surface area contributed by atoms with E-state index in [0.717, 1.165) is 37.3 Å². The van der Waals surface area contributed by atoms with E-state index in [-0.39, 0.29) is 0 Å². The van der Waals surface area contributed by atoms with Gasteiger partial charge in [0.1, 0.15) is 5.82 Å². The van der Waals surface area contributed by atoms with Gasteiger partial charge < -0.3 is 10.1 Å². The number of aromatic nitrogens is 2. The lowest BCUT2D eigenvalue weighted by Crippen LogP contribution is -2.37. The maximum absolute atomic E-state index is 10.4. The summed E-state index contributed by atoms with van der Waals surface area (Å²) in [5.74, 6) is 1.49. The van der Waals surface area contributed by atoms with E-state index in [1.807, 2.05) is 30.5 Å². The highest BCUT2D eigenvalue weighted by Crippen LogP contribution is 2.26. The van der Waals surface area contributed by atoms with Crippen molar-refractivity contribution in [3.63, 3.8) is 0 Å². The maximum Gasteiger partial charge on any atom is 0.110 e. The van der Waals surface area contributed by atoms with Crippen molar-refractivity contribution in [2.24, 2.45) is 0 Å². The van der Waals surface area contributed by atoms with Crippen LogP contribution < -0.4 is 0 Å². The minimum Gasteiger partial charge on any atom is -0.387 e. The van der Waals surface area contributed by atoms with E-state index in [2.05, 4.69) is 14.9 Å². The Morgan fingerprint density at radius 3 is 2.90 bits per heavy atom. The van der Waals surface area contributed by atoms with Gasteiger partial charge in [-0.2, -0.15) is 0 Å². The van der Waals surface area contributed by atoms with Crippen LogP contribution in [0.5, 0.6) is 0 Å². The van der Waals surface area contributed by atoms with Gasteiger partial charge in [0.05, 0.1) is 6.10 Å². The molecule has 2 atom stereocenters. The quantitative estimate of drug-likeness (QED) is 0.913. The van der Waals surface area contributed by atoms with Gasteiger partial charge in [-0.05, 0) is 37.1 Å². The van der Waals surface area contributed by atoms with E-state index < -0.39 is 6.10 Å². The molecule has 112 valence electrons. The van der Waals surface area contributed by atoms with Gasteiger partial charge in [0.15, 0.2) is 0 Å². The highest BCUT2D eigenvalue weighted by molar-refractivity contribution is 6.30. The van der Waals surface area contributed by atoms with Gasteiger partial charge in [-0.1, -0.05) is 23.7 Å².